The van der Waals surface area contributed by atoms with Crippen molar-refractivity contribution in [1.82, 2.24) is 10.3 Å². The average Bonchev–Trinajstić information content (AvgIpc) is 2.93. The van der Waals surface area contributed by atoms with E-state index >= 15 is 0 Å². The monoisotopic (exact) mass is 277 g/mol. The Morgan fingerprint density at radius 2 is 2.30 bits per heavy atom. The van der Waals surface area contributed by atoms with Crippen LogP contribution < -0.4 is 10.1 Å². The van der Waals surface area contributed by atoms with Crippen molar-refractivity contribution in [3.63, 3.8) is 0 Å². The van der Waals surface area contributed by atoms with Gasteiger partial charge in [-0.3, -0.25) is 10.1 Å². The van der Waals surface area contributed by atoms with Gasteiger partial charge in [0.25, 0.3) is 0 Å². The Balaban J connectivity index is 2.30. The van der Waals surface area contributed by atoms with E-state index < -0.39 is 4.92 Å². The van der Waals surface area contributed by atoms with Crippen molar-refractivity contribution in [2.75, 3.05) is 13.7 Å². The summed E-state index contributed by atoms with van der Waals surface area (Å²) in [6, 6.07) is 4.65. The van der Waals surface area contributed by atoms with Gasteiger partial charge in [0.15, 0.2) is 11.5 Å². The number of nitro groups is 1. The van der Waals surface area contributed by atoms with Gasteiger partial charge in [-0.15, -0.1) is 0 Å². The lowest BCUT2D eigenvalue weighted by Gasteiger charge is -2.03. The van der Waals surface area contributed by atoms with Gasteiger partial charge in [0, 0.05) is 11.6 Å². The number of nitrogens with one attached hydrogen (secondary N) is 1. The van der Waals surface area contributed by atoms with E-state index in [-0.39, 0.29) is 11.4 Å². The fourth-order valence-corrected chi connectivity index (χ4v) is 1.74. The molecule has 106 valence electrons. The molecule has 1 aromatic heterocycles. The maximum Gasteiger partial charge on any atom is 0.311 e. The SMILES string of the molecule is CCNCc1ncc(-c2ccc(OC)c([N+](=O)[O-])c2)o1. The zero-order valence-corrected chi connectivity index (χ0v) is 11.3. The number of nitro benzene ring substituents is 1. The minimum Gasteiger partial charge on any atom is -0.490 e. The van der Waals surface area contributed by atoms with Crippen LogP contribution >= 0.6 is 0 Å². The summed E-state index contributed by atoms with van der Waals surface area (Å²) in [6.45, 7) is 3.32. The smallest absolute Gasteiger partial charge is 0.311 e. The van der Waals surface area contributed by atoms with Crippen molar-refractivity contribution in [3.8, 4) is 17.1 Å². The number of aromatic nitrogens is 1. The maximum atomic E-state index is 11.0. The molecular formula is C13H15N3O4. The van der Waals surface area contributed by atoms with Crippen LogP contribution in [0.15, 0.2) is 28.8 Å². The Labute approximate surface area is 115 Å². The molecule has 2 aromatic rings. The molecule has 0 saturated heterocycles. The van der Waals surface area contributed by atoms with Crippen LogP contribution in [0.3, 0.4) is 0 Å². The second-order valence-corrected chi connectivity index (χ2v) is 4.04. The van der Waals surface area contributed by atoms with E-state index in [1.165, 1.54) is 13.2 Å². The molecule has 0 aliphatic heterocycles. The van der Waals surface area contributed by atoms with Crippen LogP contribution in [0.2, 0.25) is 0 Å². The highest BCUT2D eigenvalue weighted by atomic mass is 16.6. The normalized spacial score (nSPS) is 10.5. The minimum absolute atomic E-state index is 0.102. The highest BCUT2D eigenvalue weighted by Gasteiger charge is 2.17. The summed E-state index contributed by atoms with van der Waals surface area (Å²) in [5.41, 5.74) is 0.488. The molecule has 0 fully saturated rings. The summed E-state index contributed by atoms with van der Waals surface area (Å²) in [4.78, 5) is 14.6. The Kier molecular flexibility index (Phi) is 4.31. The number of nitrogens with zero attached hydrogens (tertiary/aromatic N) is 2. The molecule has 20 heavy (non-hydrogen) atoms. The van der Waals surface area contributed by atoms with E-state index in [4.69, 9.17) is 9.15 Å². The third-order valence-electron chi connectivity index (χ3n) is 2.74. The van der Waals surface area contributed by atoms with E-state index in [2.05, 4.69) is 10.3 Å². The fourth-order valence-electron chi connectivity index (χ4n) is 1.74. The van der Waals surface area contributed by atoms with Crippen LogP contribution in [0.25, 0.3) is 11.3 Å². The number of hydrogen-bond donors (Lipinski definition) is 1. The standard InChI is InChI=1S/C13H15N3O4/c1-3-14-8-13-15-7-12(20-13)9-4-5-11(19-2)10(6-9)16(17)18/h4-7,14H,3,8H2,1-2H3. The van der Waals surface area contributed by atoms with Crippen molar-refractivity contribution in [2.45, 2.75) is 13.5 Å². The molecule has 0 bridgehead atoms. The Bertz CT molecular complexity index is 609. The van der Waals surface area contributed by atoms with Crippen LogP contribution in [-0.2, 0) is 6.54 Å². The van der Waals surface area contributed by atoms with E-state index in [9.17, 15) is 10.1 Å². The second kappa shape index (κ2) is 6.16. The van der Waals surface area contributed by atoms with Gasteiger partial charge >= 0.3 is 5.69 Å². The summed E-state index contributed by atoms with van der Waals surface area (Å²) in [6.07, 6.45) is 1.55. The summed E-state index contributed by atoms with van der Waals surface area (Å²) in [5.74, 6) is 1.25. The number of ether oxygens (including phenoxy) is 1. The van der Waals surface area contributed by atoms with E-state index in [0.717, 1.165) is 6.54 Å². The Morgan fingerprint density at radius 1 is 1.50 bits per heavy atom. The number of rotatable bonds is 6. The second-order valence-electron chi connectivity index (χ2n) is 4.04. The van der Waals surface area contributed by atoms with E-state index in [1.54, 1.807) is 18.3 Å². The molecule has 1 N–H and O–H groups in total. The largest absolute Gasteiger partial charge is 0.490 e. The van der Waals surface area contributed by atoms with Crippen molar-refractivity contribution in [1.29, 1.82) is 0 Å². The maximum absolute atomic E-state index is 11.0. The summed E-state index contributed by atoms with van der Waals surface area (Å²) >= 11 is 0. The highest BCUT2D eigenvalue weighted by Crippen LogP contribution is 2.32. The van der Waals surface area contributed by atoms with Crippen LogP contribution in [0.5, 0.6) is 5.75 Å². The van der Waals surface area contributed by atoms with Crippen LogP contribution in [0.1, 0.15) is 12.8 Å². The summed E-state index contributed by atoms with van der Waals surface area (Å²) in [5, 5.41) is 14.1. The van der Waals surface area contributed by atoms with Gasteiger partial charge in [-0.2, -0.15) is 0 Å². The lowest BCUT2D eigenvalue weighted by atomic mass is 10.1. The number of oxazole rings is 1. The zero-order chi connectivity index (χ0) is 14.5. The molecule has 7 heteroatoms. The first-order chi connectivity index (χ1) is 9.65. The first-order valence-corrected chi connectivity index (χ1v) is 6.14. The predicted molar refractivity (Wildman–Crippen MR) is 72.5 cm³/mol. The molecule has 1 heterocycles. The topological polar surface area (TPSA) is 90.4 Å². The van der Waals surface area contributed by atoms with Gasteiger partial charge in [-0.05, 0) is 18.7 Å². The van der Waals surface area contributed by atoms with Crippen LogP contribution in [0.4, 0.5) is 5.69 Å². The molecule has 0 spiro atoms. The Hall–Kier alpha value is -2.41. The van der Waals surface area contributed by atoms with Crippen molar-refractivity contribution in [3.05, 3.63) is 40.4 Å². The van der Waals surface area contributed by atoms with Crippen molar-refractivity contribution in [2.24, 2.45) is 0 Å². The van der Waals surface area contributed by atoms with Crippen LogP contribution in [0, 0.1) is 10.1 Å². The molecule has 0 saturated carbocycles. The number of hydrogen-bond acceptors (Lipinski definition) is 6. The van der Waals surface area contributed by atoms with Gasteiger partial charge in [-0.25, -0.2) is 4.98 Å². The third-order valence-corrected chi connectivity index (χ3v) is 2.74. The minimum atomic E-state index is -0.488. The van der Waals surface area contributed by atoms with Crippen LogP contribution in [-0.4, -0.2) is 23.6 Å². The Morgan fingerprint density at radius 3 is 2.95 bits per heavy atom. The predicted octanol–water partition coefficient (Wildman–Crippen LogP) is 2.37. The van der Waals surface area contributed by atoms with Gasteiger partial charge in [-0.1, -0.05) is 6.92 Å². The molecule has 7 nitrogen and oxygen atoms in total. The molecule has 0 aliphatic rings. The third kappa shape index (κ3) is 2.94. The molecule has 0 atom stereocenters. The highest BCUT2D eigenvalue weighted by molar-refractivity contribution is 5.64. The van der Waals surface area contributed by atoms with Gasteiger partial charge < -0.3 is 14.5 Å². The summed E-state index contributed by atoms with van der Waals surface area (Å²) < 4.78 is 10.5. The number of benzene rings is 1. The quantitative estimate of drug-likeness (QED) is 0.644. The zero-order valence-electron chi connectivity index (χ0n) is 11.3. The van der Waals surface area contributed by atoms with Crippen molar-refractivity contribution >= 4 is 5.69 Å². The molecule has 2 rings (SSSR count). The lowest BCUT2D eigenvalue weighted by Crippen LogP contribution is -2.11. The lowest BCUT2D eigenvalue weighted by molar-refractivity contribution is -0.385. The first-order valence-electron chi connectivity index (χ1n) is 6.14. The molecule has 0 amide bonds. The van der Waals surface area contributed by atoms with Gasteiger partial charge in [0.1, 0.15) is 0 Å². The molecule has 0 unspecified atom stereocenters. The molecule has 0 aliphatic carbocycles. The van der Waals surface area contributed by atoms with E-state index in [0.29, 0.717) is 23.8 Å². The first kappa shape index (κ1) is 14.0. The molecule has 1 aromatic carbocycles. The molecule has 0 radical (unpaired) electrons. The van der Waals surface area contributed by atoms with E-state index in [1.807, 2.05) is 6.92 Å². The van der Waals surface area contributed by atoms with Gasteiger partial charge in [0.2, 0.25) is 5.89 Å². The van der Waals surface area contributed by atoms with Gasteiger partial charge in [0.05, 0.1) is 24.8 Å². The van der Waals surface area contributed by atoms with Crippen molar-refractivity contribution < 1.29 is 14.1 Å². The average molecular weight is 277 g/mol. The molecular weight excluding hydrogens is 262 g/mol. The fraction of sp³-hybridized carbons (Fsp3) is 0.308. The number of methoxy groups -OCH3 is 1. The summed E-state index contributed by atoms with van der Waals surface area (Å²) in [7, 11) is 1.39.